The molecule has 31 valence electrons. The molecule has 0 saturated carbocycles. The molecule has 0 aliphatic heterocycles. The van der Waals surface area contributed by atoms with Crippen LogP contribution in [0.3, 0.4) is 0 Å². The predicted molar refractivity (Wildman–Crippen MR) is 9.23 cm³/mol. The molecular weight excluding hydrogens is 379 g/mol. The van der Waals surface area contributed by atoms with Crippen molar-refractivity contribution in [1.82, 2.24) is 0 Å². The molecule has 0 unspecified atom stereocenters. The number of hydrogen-bond acceptors (Lipinski definition) is 1. The summed E-state index contributed by atoms with van der Waals surface area (Å²) in [5.74, 6) is 0. The van der Waals surface area contributed by atoms with Crippen molar-refractivity contribution < 1.29 is 58.0 Å². The molecule has 4 heteroatoms. The fraction of sp³-hybridized carbons (Fsp3) is 0. The van der Waals surface area contributed by atoms with Gasteiger partial charge in [-0.15, -0.1) is 0 Å². The summed E-state index contributed by atoms with van der Waals surface area (Å²) >= 11 is 2.94. The van der Waals surface area contributed by atoms with E-state index in [1.165, 1.54) is 0 Å². The van der Waals surface area contributed by atoms with Crippen LogP contribution in [0.5, 0.6) is 0 Å². The van der Waals surface area contributed by atoms with Crippen molar-refractivity contribution >= 4 is 48.9 Å². The summed E-state index contributed by atoms with van der Waals surface area (Å²) in [6.07, 6.45) is 0. The summed E-state index contributed by atoms with van der Waals surface area (Å²) in [6.45, 7) is 0. The molecule has 4 heavy (non-hydrogen) atoms. The summed E-state index contributed by atoms with van der Waals surface area (Å²) in [7, 11) is 0. The summed E-state index contributed by atoms with van der Waals surface area (Å²) in [5.41, 5.74) is 0. The van der Waals surface area contributed by atoms with Crippen LogP contribution < -0.4 is 0 Å². The Morgan fingerprint density at radius 2 is 1.25 bits per heavy atom. The van der Waals surface area contributed by atoms with Crippen LogP contribution in [0.1, 0.15) is 0 Å². The SMILES string of the molecule is [BaH2].[Dy].[O]=[Cu]. The molecule has 0 aromatic heterocycles. The van der Waals surface area contributed by atoms with Crippen molar-refractivity contribution in [1.29, 1.82) is 0 Å². The molecular formula is H2BaCuDyO. The van der Waals surface area contributed by atoms with Crippen molar-refractivity contribution in [2.24, 2.45) is 0 Å². The van der Waals surface area contributed by atoms with Gasteiger partial charge in [0, 0.05) is 38.2 Å². The van der Waals surface area contributed by atoms with E-state index in [2.05, 4.69) is 15.9 Å². The van der Waals surface area contributed by atoms with Crippen molar-refractivity contribution in [3.63, 3.8) is 0 Å². The standard InChI is InChI=1S/Ba.Cu.Dy.O.2H. The number of hydrogen-bond donors (Lipinski definition) is 0. The van der Waals surface area contributed by atoms with Crippen LogP contribution in [0.15, 0.2) is 0 Å². The molecule has 0 spiro atoms. The summed E-state index contributed by atoms with van der Waals surface area (Å²) in [5, 5.41) is 0. The molecule has 0 fully saturated rings. The van der Waals surface area contributed by atoms with Gasteiger partial charge in [0.05, 0.1) is 0 Å². The van der Waals surface area contributed by atoms with Gasteiger partial charge in [-0.1, -0.05) is 0 Å². The molecule has 0 rings (SSSR count). The molecule has 0 heterocycles. The molecule has 0 amide bonds. The molecule has 0 saturated heterocycles. The first-order valence-electron chi connectivity index (χ1n) is 0.123. The molecule has 0 aliphatic carbocycles. The minimum atomic E-state index is 0. The number of rotatable bonds is 0. The Labute approximate surface area is 104 Å². The monoisotopic (exact) mass is 383 g/mol. The first-order chi connectivity index (χ1) is 1.00. The third-order valence-electron chi connectivity index (χ3n) is 0. The van der Waals surface area contributed by atoms with Gasteiger partial charge in [0.1, 0.15) is 0 Å². The second kappa shape index (κ2) is 16.4. The van der Waals surface area contributed by atoms with Crippen LogP contribution in [0.25, 0.3) is 0 Å². The molecule has 0 atom stereocenters. The van der Waals surface area contributed by atoms with Crippen molar-refractivity contribution in [2.45, 2.75) is 0 Å². The normalized spacial score (nSPS) is 1.50. The van der Waals surface area contributed by atoms with E-state index in [4.69, 9.17) is 3.83 Å². The average Bonchev–Trinajstić information content (AvgIpc) is 1.00. The van der Waals surface area contributed by atoms with Crippen LogP contribution in [0.2, 0.25) is 0 Å². The first kappa shape index (κ1) is 15.7. The average molecular weight is 381 g/mol. The third-order valence-corrected chi connectivity index (χ3v) is 0. The van der Waals surface area contributed by atoms with Gasteiger partial charge in [0.2, 0.25) is 0 Å². The zero-order chi connectivity index (χ0) is 2.00. The topological polar surface area (TPSA) is 17.1 Å². The van der Waals surface area contributed by atoms with Crippen LogP contribution in [0, 0.1) is 38.2 Å². The van der Waals surface area contributed by atoms with Crippen molar-refractivity contribution in [2.75, 3.05) is 0 Å². The second-order valence-electron chi connectivity index (χ2n) is 0. The first-order valence-corrected chi connectivity index (χ1v) is 0.508. The van der Waals surface area contributed by atoms with Gasteiger partial charge >= 0.3 is 68.7 Å². The quantitative estimate of drug-likeness (QED) is 0.490. The molecule has 0 radical (unpaired) electrons. The predicted octanol–water partition coefficient (Wildman–Crippen LogP) is -1.04. The Morgan fingerprint density at radius 3 is 1.25 bits per heavy atom. The minimum absolute atomic E-state index is 0. The van der Waals surface area contributed by atoms with E-state index < -0.39 is 0 Å². The van der Waals surface area contributed by atoms with Gasteiger partial charge in [0.25, 0.3) is 0 Å². The Balaban J connectivity index is -0.00000000500. The van der Waals surface area contributed by atoms with Crippen LogP contribution >= 0.6 is 0 Å². The molecule has 0 aliphatic rings. The van der Waals surface area contributed by atoms with E-state index in [1.807, 2.05) is 0 Å². The summed E-state index contributed by atoms with van der Waals surface area (Å²) in [4.78, 5) is 0. The van der Waals surface area contributed by atoms with Crippen LogP contribution in [0.4, 0.5) is 0 Å². The van der Waals surface area contributed by atoms with Gasteiger partial charge in [0.15, 0.2) is 0 Å². The van der Waals surface area contributed by atoms with E-state index in [1.54, 1.807) is 0 Å². The fourth-order valence-corrected chi connectivity index (χ4v) is 0. The third kappa shape index (κ3) is 8.94. The Bertz CT molecular complexity index is 8.00. The fourth-order valence-electron chi connectivity index (χ4n) is 0. The van der Waals surface area contributed by atoms with Crippen molar-refractivity contribution in [3.8, 4) is 0 Å². The Kier molecular flexibility index (Phi) is 64.4. The molecule has 0 aromatic carbocycles. The van der Waals surface area contributed by atoms with Gasteiger partial charge < -0.3 is 0 Å². The molecule has 0 aromatic rings. The van der Waals surface area contributed by atoms with Crippen LogP contribution in [-0.4, -0.2) is 48.9 Å². The van der Waals surface area contributed by atoms with E-state index in [9.17, 15) is 0 Å². The Hall–Kier alpha value is 3.16. The van der Waals surface area contributed by atoms with E-state index in [-0.39, 0.29) is 87.1 Å². The second-order valence-corrected chi connectivity index (χ2v) is 0. The zero-order valence-electron chi connectivity index (χ0n) is 1.03. The Morgan fingerprint density at radius 1 is 1.25 bits per heavy atom. The summed E-state index contributed by atoms with van der Waals surface area (Å²) < 4.78 is 7.81. The van der Waals surface area contributed by atoms with Crippen LogP contribution in [-0.2, 0) is 19.8 Å². The maximum atomic E-state index is 7.81. The van der Waals surface area contributed by atoms with E-state index in [0.29, 0.717) is 0 Å². The molecule has 0 bridgehead atoms. The van der Waals surface area contributed by atoms with Crippen molar-refractivity contribution in [3.05, 3.63) is 0 Å². The molecule has 1 nitrogen and oxygen atoms in total. The van der Waals surface area contributed by atoms with E-state index >= 15 is 0 Å². The summed E-state index contributed by atoms with van der Waals surface area (Å²) in [6, 6.07) is 0. The maximum absolute atomic E-state index is 7.81. The zero-order valence-corrected chi connectivity index (χ0v) is 4.00. The molecule has 0 N–H and O–H groups in total. The van der Waals surface area contributed by atoms with Gasteiger partial charge in [-0.3, -0.25) is 0 Å². The van der Waals surface area contributed by atoms with Gasteiger partial charge in [-0.2, -0.15) is 0 Å². The van der Waals surface area contributed by atoms with E-state index in [0.717, 1.165) is 0 Å². The van der Waals surface area contributed by atoms with Gasteiger partial charge in [-0.25, -0.2) is 0 Å². The van der Waals surface area contributed by atoms with Gasteiger partial charge in [-0.05, 0) is 0 Å².